The molecule has 0 bridgehead atoms. The second-order valence-corrected chi connectivity index (χ2v) is 4.70. The standard InChI is InChI=1S/C15H14FN3/c1-9-7-10(3-5-12(9)17)15-18-13-6-4-11(16)8-14(13)19(15)2/h3-8H,17H2,1-2H3. The van der Waals surface area contributed by atoms with Gasteiger partial charge in [-0.2, -0.15) is 0 Å². The lowest BCUT2D eigenvalue weighted by Gasteiger charge is -2.05. The molecular formula is C15H14FN3. The minimum absolute atomic E-state index is 0.254. The van der Waals surface area contributed by atoms with Gasteiger partial charge in [-0.3, -0.25) is 0 Å². The Bertz CT molecular complexity index is 774. The third kappa shape index (κ3) is 1.85. The van der Waals surface area contributed by atoms with Crippen molar-refractivity contribution in [3.05, 3.63) is 47.8 Å². The van der Waals surface area contributed by atoms with Crippen LogP contribution in [0.2, 0.25) is 0 Å². The topological polar surface area (TPSA) is 43.8 Å². The molecule has 3 rings (SSSR count). The number of nitrogen functional groups attached to an aromatic ring is 1. The van der Waals surface area contributed by atoms with Crippen molar-refractivity contribution in [2.45, 2.75) is 6.92 Å². The van der Waals surface area contributed by atoms with Crippen LogP contribution in [-0.4, -0.2) is 9.55 Å². The van der Waals surface area contributed by atoms with E-state index in [0.717, 1.165) is 33.7 Å². The van der Waals surface area contributed by atoms with Crippen LogP contribution in [0.5, 0.6) is 0 Å². The van der Waals surface area contributed by atoms with Crippen molar-refractivity contribution < 1.29 is 4.39 Å². The fraction of sp³-hybridized carbons (Fsp3) is 0.133. The molecule has 0 aliphatic rings. The van der Waals surface area contributed by atoms with E-state index < -0.39 is 0 Å². The molecule has 2 N–H and O–H groups in total. The van der Waals surface area contributed by atoms with E-state index in [1.165, 1.54) is 12.1 Å². The van der Waals surface area contributed by atoms with Gasteiger partial charge in [0.1, 0.15) is 11.6 Å². The van der Waals surface area contributed by atoms with Crippen LogP contribution in [-0.2, 0) is 7.05 Å². The summed E-state index contributed by atoms with van der Waals surface area (Å²) in [5.74, 6) is 0.555. The zero-order valence-electron chi connectivity index (χ0n) is 10.8. The largest absolute Gasteiger partial charge is 0.399 e. The van der Waals surface area contributed by atoms with Gasteiger partial charge in [-0.25, -0.2) is 9.37 Å². The van der Waals surface area contributed by atoms with Crippen LogP contribution in [0.1, 0.15) is 5.56 Å². The maximum absolute atomic E-state index is 13.3. The maximum Gasteiger partial charge on any atom is 0.140 e. The summed E-state index contributed by atoms with van der Waals surface area (Å²) in [6, 6.07) is 10.4. The van der Waals surface area contributed by atoms with Gasteiger partial charge >= 0.3 is 0 Å². The Kier molecular flexibility index (Phi) is 2.52. The Hall–Kier alpha value is -2.36. The van der Waals surface area contributed by atoms with Gasteiger partial charge in [-0.1, -0.05) is 0 Å². The van der Waals surface area contributed by atoms with E-state index in [2.05, 4.69) is 4.98 Å². The Morgan fingerprint density at radius 3 is 2.68 bits per heavy atom. The highest BCUT2D eigenvalue weighted by molar-refractivity contribution is 5.81. The molecule has 96 valence electrons. The van der Waals surface area contributed by atoms with Gasteiger partial charge in [0.05, 0.1) is 11.0 Å². The number of nitrogens with two attached hydrogens (primary N) is 1. The highest BCUT2D eigenvalue weighted by Crippen LogP contribution is 2.26. The lowest BCUT2D eigenvalue weighted by molar-refractivity contribution is 0.629. The molecule has 2 aromatic carbocycles. The molecule has 0 aliphatic heterocycles. The Labute approximate surface area is 110 Å². The lowest BCUT2D eigenvalue weighted by atomic mass is 10.1. The molecule has 3 aromatic rings. The summed E-state index contributed by atoms with van der Waals surface area (Å²) in [5.41, 5.74) is 10.1. The van der Waals surface area contributed by atoms with E-state index in [1.807, 2.05) is 36.7 Å². The smallest absolute Gasteiger partial charge is 0.140 e. The molecule has 1 aromatic heterocycles. The molecule has 0 saturated carbocycles. The molecule has 0 unspecified atom stereocenters. The lowest BCUT2D eigenvalue weighted by Crippen LogP contribution is -1.95. The summed E-state index contributed by atoms with van der Waals surface area (Å²) >= 11 is 0. The first-order valence-corrected chi connectivity index (χ1v) is 6.05. The van der Waals surface area contributed by atoms with Crippen LogP contribution < -0.4 is 5.73 Å². The molecule has 0 amide bonds. The average Bonchev–Trinajstić information content (AvgIpc) is 2.70. The molecule has 0 saturated heterocycles. The fourth-order valence-electron chi connectivity index (χ4n) is 2.24. The third-order valence-corrected chi connectivity index (χ3v) is 3.37. The van der Waals surface area contributed by atoms with E-state index in [0.29, 0.717) is 0 Å². The van der Waals surface area contributed by atoms with Crippen LogP contribution in [0.25, 0.3) is 22.4 Å². The van der Waals surface area contributed by atoms with E-state index >= 15 is 0 Å². The Morgan fingerprint density at radius 1 is 1.16 bits per heavy atom. The molecule has 19 heavy (non-hydrogen) atoms. The zero-order chi connectivity index (χ0) is 13.6. The SMILES string of the molecule is Cc1cc(-c2nc3ccc(F)cc3n2C)ccc1N. The summed E-state index contributed by atoms with van der Waals surface area (Å²) in [7, 11) is 1.88. The highest BCUT2D eigenvalue weighted by atomic mass is 19.1. The first-order chi connectivity index (χ1) is 9.06. The number of rotatable bonds is 1. The third-order valence-electron chi connectivity index (χ3n) is 3.37. The normalized spacial score (nSPS) is 11.1. The van der Waals surface area contributed by atoms with Gasteiger partial charge in [0.25, 0.3) is 0 Å². The first kappa shape index (κ1) is 11.7. The molecule has 3 nitrogen and oxygen atoms in total. The summed E-state index contributed by atoms with van der Waals surface area (Å²) in [5, 5.41) is 0. The Morgan fingerprint density at radius 2 is 1.95 bits per heavy atom. The van der Waals surface area contributed by atoms with Crippen LogP contribution >= 0.6 is 0 Å². The molecule has 1 heterocycles. The number of fused-ring (bicyclic) bond motifs is 1. The molecule has 0 spiro atoms. The van der Waals surface area contributed by atoms with Crippen molar-refractivity contribution in [3.63, 3.8) is 0 Å². The monoisotopic (exact) mass is 255 g/mol. The maximum atomic E-state index is 13.3. The number of aromatic nitrogens is 2. The summed E-state index contributed by atoms with van der Waals surface area (Å²) < 4.78 is 15.2. The predicted octanol–water partition coefficient (Wildman–Crippen LogP) is 3.27. The number of benzene rings is 2. The van der Waals surface area contributed by atoms with Crippen molar-refractivity contribution in [1.29, 1.82) is 0 Å². The van der Waals surface area contributed by atoms with Gasteiger partial charge in [-0.15, -0.1) is 0 Å². The zero-order valence-corrected chi connectivity index (χ0v) is 10.8. The van der Waals surface area contributed by atoms with Crippen LogP contribution in [0, 0.1) is 12.7 Å². The number of anilines is 1. The summed E-state index contributed by atoms with van der Waals surface area (Å²) in [6.07, 6.45) is 0. The minimum Gasteiger partial charge on any atom is -0.399 e. The molecule has 0 aliphatic carbocycles. The summed E-state index contributed by atoms with van der Waals surface area (Å²) in [6.45, 7) is 1.96. The van der Waals surface area contributed by atoms with Crippen molar-refractivity contribution in [3.8, 4) is 11.4 Å². The number of nitrogens with zero attached hydrogens (tertiary/aromatic N) is 2. The van der Waals surface area contributed by atoms with Crippen LogP contribution in [0.4, 0.5) is 10.1 Å². The van der Waals surface area contributed by atoms with Gasteiger partial charge in [0.2, 0.25) is 0 Å². The molecule has 0 atom stereocenters. The highest BCUT2D eigenvalue weighted by Gasteiger charge is 2.11. The van der Waals surface area contributed by atoms with Crippen molar-refractivity contribution in [2.24, 2.45) is 7.05 Å². The number of halogens is 1. The van der Waals surface area contributed by atoms with Crippen LogP contribution in [0.3, 0.4) is 0 Å². The molecule has 4 heteroatoms. The van der Waals surface area contributed by atoms with Gasteiger partial charge in [0, 0.05) is 18.3 Å². The predicted molar refractivity (Wildman–Crippen MR) is 75.3 cm³/mol. The van der Waals surface area contributed by atoms with E-state index in [-0.39, 0.29) is 5.82 Å². The molecular weight excluding hydrogens is 241 g/mol. The average molecular weight is 255 g/mol. The van der Waals surface area contributed by atoms with Crippen molar-refractivity contribution in [1.82, 2.24) is 9.55 Å². The minimum atomic E-state index is -0.254. The van der Waals surface area contributed by atoms with E-state index in [4.69, 9.17) is 5.73 Å². The first-order valence-electron chi connectivity index (χ1n) is 6.05. The number of hydrogen-bond acceptors (Lipinski definition) is 2. The van der Waals surface area contributed by atoms with Crippen molar-refractivity contribution >= 4 is 16.7 Å². The second-order valence-electron chi connectivity index (χ2n) is 4.70. The van der Waals surface area contributed by atoms with E-state index in [1.54, 1.807) is 6.07 Å². The fourth-order valence-corrected chi connectivity index (χ4v) is 2.24. The van der Waals surface area contributed by atoms with Crippen LogP contribution in [0.15, 0.2) is 36.4 Å². The van der Waals surface area contributed by atoms with Gasteiger partial charge in [-0.05, 0) is 48.9 Å². The number of imidazole rings is 1. The van der Waals surface area contributed by atoms with Crippen molar-refractivity contribution in [2.75, 3.05) is 5.73 Å². The Balaban J connectivity index is 2.24. The van der Waals surface area contributed by atoms with Gasteiger partial charge in [0.15, 0.2) is 0 Å². The number of hydrogen-bond donors (Lipinski definition) is 1. The quantitative estimate of drug-likeness (QED) is 0.678. The summed E-state index contributed by atoms with van der Waals surface area (Å²) in [4.78, 5) is 4.55. The van der Waals surface area contributed by atoms with E-state index in [9.17, 15) is 4.39 Å². The van der Waals surface area contributed by atoms with Gasteiger partial charge < -0.3 is 10.3 Å². The second kappa shape index (κ2) is 4.09. The molecule has 0 fully saturated rings. The number of aryl methyl sites for hydroxylation is 2. The molecule has 0 radical (unpaired) electrons.